The van der Waals surface area contributed by atoms with Crippen molar-refractivity contribution in [3.05, 3.63) is 71.3 Å². The van der Waals surface area contributed by atoms with Gasteiger partial charge in [0.25, 0.3) is 0 Å². The van der Waals surface area contributed by atoms with Crippen LogP contribution in [0.25, 0.3) is 0 Å². The summed E-state index contributed by atoms with van der Waals surface area (Å²) in [7, 11) is 0. The third-order valence-electron chi connectivity index (χ3n) is 4.36. The average Bonchev–Trinajstić information content (AvgIpc) is 2.97. The van der Waals surface area contributed by atoms with Gasteiger partial charge in [-0.2, -0.15) is 0 Å². The second-order valence-corrected chi connectivity index (χ2v) is 5.87. The summed E-state index contributed by atoms with van der Waals surface area (Å²) in [5.74, 6) is 0.803. The lowest BCUT2D eigenvalue weighted by Gasteiger charge is -2.16. The number of hydrogen-bond donors (Lipinski definition) is 0. The fourth-order valence-corrected chi connectivity index (χ4v) is 3.15. The van der Waals surface area contributed by atoms with Gasteiger partial charge in [-0.05, 0) is 36.9 Å². The number of benzene rings is 2. The lowest BCUT2D eigenvalue weighted by Crippen LogP contribution is -2.28. The van der Waals surface area contributed by atoms with Crippen LogP contribution in [-0.4, -0.2) is 30.3 Å². The van der Waals surface area contributed by atoms with Crippen LogP contribution in [0.2, 0.25) is 0 Å². The molecule has 1 fully saturated rings. The topological polar surface area (TPSA) is 20.3 Å². The standard InChI is InChI=1S/C19H21NO/c1-15-7-5-6-10-18(15)19(21)14-20-12-11-17(13-20)16-8-3-2-4-9-16/h2-10,17H,11-14H2,1H3. The van der Waals surface area contributed by atoms with Crippen LogP contribution in [0.5, 0.6) is 0 Å². The summed E-state index contributed by atoms with van der Waals surface area (Å²) >= 11 is 0. The Hall–Kier alpha value is -1.93. The van der Waals surface area contributed by atoms with Crippen LogP contribution in [0.4, 0.5) is 0 Å². The van der Waals surface area contributed by atoms with Gasteiger partial charge in [-0.15, -0.1) is 0 Å². The minimum atomic E-state index is 0.238. The molecule has 2 heteroatoms. The van der Waals surface area contributed by atoms with Crippen LogP contribution >= 0.6 is 0 Å². The predicted octanol–water partition coefficient (Wildman–Crippen LogP) is 3.67. The van der Waals surface area contributed by atoms with E-state index in [-0.39, 0.29) is 5.78 Å². The first-order valence-corrected chi connectivity index (χ1v) is 7.60. The molecule has 108 valence electrons. The van der Waals surface area contributed by atoms with Crippen LogP contribution in [0.1, 0.15) is 33.8 Å². The minimum Gasteiger partial charge on any atom is -0.295 e. The van der Waals surface area contributed by atoms with E-state index in [0.29, 0.717) is 12.5 Å². The van der Waals surface area contributed by atoms with E-state index < -0.39 is 0 Å². The van der Waals surface area contributed by atoms with Crippen molar-refractivity contribution in [3.8, 4) is 0 Å². The lowest BCUT2D eigenvalue weighted by atomic mass is 9.99. The number of Topliss-reactive ketones (excluding diaryl/α,β-unsaturated/α-hetero) is 1. The molecule has 0 radical (unpaired) electrons. The second kappa shape index (κ2) is 6.23. The highest BCUT2D eigenvalue weighted by Crippen LogP contribution is 2.27. The Morgan fingerprint density at radius 3 is 2.57 bits per heavy atom. The number of nitrogens with zero attached hydrogens (tertiary/aromatic N) is 1. The van der Waals surface area contributed by atoms with Crippen molar-refractivity contribution in [2.75, 3.05) is 19.6 Å². The summed E-state index contributed by atoms with van der Waals surface area (Å²) in [6.45, 7) is 4.54. The lowest BCUT2D eigenvalue weighted by molar-refractivity contribution is 0.0944. The van der Waals surface area contributed by atoms with Crippen molar-refractivity contribution in [2.45, 2.75) is 19.3 Å². The quantitative estimate of drug-likeness (QED) is 0.796. The molecule has 0 aliphatic carbocycles. The van der Waals surface area contributed by atoms with Gasteiger partial charge in [0, 0.05) is 12.1 Å². The minimum absolute atomic E-state index is 0.238. The molecule has 0 saturated carbocycles. The number of hydrogen-bond acceptors (Lipinski definition) is 2. The number of likely N-dealkylation sites (tertiary alicyclic amines) is 1. The van der Waals surface area contributed by atoms with E-state index in [1.807, 2.05) is 31.2 Å². The first-order chi connectivity index (χ1) is 10.2. The molecule has 1 aliphatic rings. The van der Waals surface area contributed by atoms with Gasteiger partial charge in [0.2, 0.25) is 0 Å². The fourth-order valence-electron chi connectivity index (χ4n) is 3.15. The highest BCUT2D eigenvalue weighted by atomic mass is 16.1. The van der Waals surface area contributed by atoms with Crippen molar-refractivity contribution in [3.63, 3.8) is 0 Å². The van der Waals surface area contributed by atoms with Crippen molar-refractivity contribution in [1.29, 1.82) is 0 Å². The Bertz CT molecular complexity index is 620. The Kier molecular flexibility index (Phi) is 4.16. The molecular weight excluding hydrogens is 258 g/mol. The third kappa shape index (κ3) is 3.22. The summed E-state index contributed by atoms with van der Waals surface area (Å²) in [5.41, 5.74) is 3.32. The van der Waals surface area contributed by atoms with Gasteiger partial charge < -0.3 is 0 Å². The van der Waals surface area contributed by atoms with E-state index in [4.69, 9.17) is 0 Å². The molecule has 21 heavy (non-hydrogen) atoms. The molecule has 1 unspecified atom stereocenters. The number of carbonyl (C=O) groups excluding carboxylic acids is 1. The van der Waals surface area contributed by atoms with Gasteiger partial charge >= 0.3 is 0 Å². The van der Waals surface area contributed by atoms with E-state index >= 15 is 0 Å². The summed E-state index contributed by atoms with van der Waals surface area (Å²) in [6, 6.07) is 18.5. The summed E-state index contributed by atoms with van der Waals surface area (Å²) < 4.78 is 0. The molecule has 0 N–H and O–H groups in total. The third-order valence-corrected chi connectivity index (χ3v) is 4.36. The highest BCUT2D eigenvalue weighted by molar-refractivity contribution is 5.98. The van der Waals surface area contributed by atoms with Gasteiger partial charge in [0.05, 0.1) is 6.54 Å². The van der Waals surface area contributed by atoms with Crippen molar-refractivity contribution in [1.82, 2.24) is 4.90 Å². The maximum Gasteiger partial charge on any atom is 0.177 e. The molecule has 1 heterocycles. The summed E-state index contributed by atoms with van der Waals surface area (Å²) in [4.78, 5) is 14.7. The van der Waals surface area contributed by atoms with Crippen LogP contribution < -0.4 is 0 Å². The first kappa shape index (κ1) is 14.0. The number of ketones is 1. The smallest absolute Gasteiger partial charge is 0.177 e. The van der Waals surface area contributed by atoms with Gasteiger partial charge in [0.1, 0.15) is 0 Å². The van der Waals surface area contributed by atoms with Gasteiger partial charge in [-0.1, -0.05) is 54.6 Å². The van der Waals surface area contributed by atoms with E-state index in [1.54, 1.807) is 0 Å². The monoisotopic (exact) mass is 279 g/mol. The first-order valence-electron chi connectivity index (χ1n) is 7.60. The van der Waals surface area contributed by atoms with E-state index in [1.165, 1.54) is 5.56 Å². The van der Waals surface area contributed by atoms with Crippen LogP contribution in [0.15, 0.2) is 54.6 Å². The summed E-state index contributed by atoms with van der Waals surface area (Å²) in [5, 5.41) is 0. The van der Waals surface area contributed by atoms with Crippen LogP contribution in [0.3, 0.4) is 0 Å². The zero-order chi connectivity index (χ0) is 14.7. The molecule has 1 saturated heterocycles. The number of rotatable bonds is 4. The van der Waals surface area contributed by atoms with E-state index in [2.05, 4.69) is 35.2 Å². The van der Waals surface area contributed by atoms with Crippen molar-refractivity contribution in [2.24, 2.45) is 0 Å². The molecule has 0 bridgehead atoms. The van der Waals surface area contributed by atoms with E-state index in [0.717, 1.165) is 30.6 Å². The zero-order valence-electron chi connectivity index (χ0n) is 12.5. The molecular formula is C19H21NO. The molecule has 3 rings (SSSR count). The maximum atomic E-state index is 12.4. The Balaban J connectivity index is 1.63. The average molecular weight is 279 g/mol. The Morgan fingerprint density at radius 2 is 1.81 bits per heavy atom. The molecule has 2 aromatic carbocycles. The van der Waals surface area contributed by atoms with E-state index in [9.17, 15) is 4.79 Å². The van der Waals surface area contributed by atoms with Crippen molar-refractivity contribution >= 4 is 5.78 Å². The summed E-state index contributed by atoms with van der Waals surface area (Å²) in [6.07, 6.45) is 1.14. The molecule has 1 aliphatic heterocycles. The Morgan fingerprint density at radius 1 is 1.10 bits per heavy atom. The molecule has 0 aromatic heterocycles. The number of carbonyl (C=O) groups is 1. The largest absolute Gasteiger partial charge is 0.295 e. The van der Waals surface area contributed by atoms with Gasteiger partial charge in [-0.3, -0.25) is 9.69 Å². The zero-order valence-corrected chi connectivity index (χ0v) is 12.5. The molecule has 2 nitrogen and oxygen atoms in total. The molecule has 0 amide bonds. The maximum absolute atomic E-state index is 12.4. The normalized spacial score (nSPS) is 18.8. The highest BCUT2D eigenvalue weighted by Gasteiger charge is 2.25. The molecule has 1 atom stereocenters. The van der Waals surface area contributed by atoms with Crippen LogP contribution in [0, 0.1) is 6.92 Å². The molecule has 0 spiro atoms. The van der Waals surface area contributed by atoms with Gasteiger partial charge in [0.15, 0.2) is 5.78 Å². The second-order valence-electron chi connectivity index (χ2n) is 5.87. The fraction of sp³-hybridized carbons (Fsp3) is 0.316. The van der Waals surface area contributed by atoms with Gasteiger partial charge in [-0.25, -0.2) is 0 Å². The Labute approximate surface area is 126 Å². The predicted molar refractivity (Wildman–Crippen MR) is 85.7 cm³/mol. The van der Waals surface area contributed by atoms with Crippen molar-refractivity contribution < 1.29 is 4.79 Å². The van der Waals surface area contributed by atoms with Crippen LogP contribution in [-0.2, 0) is 0 Å². The SMILES string of the molecule is Cc1ccccc1C(=O)CN1CCC(c2ccccc2)C1. The molecule has 2 aromatic rings. The number of aryl methyl sites for hydroxylation is 1.